The van der Waals surface area contributed by atoms with Crippen molar-refractivity contribution >= 4 is 22.7 Å². The molecule has 0 fully saturated rings. The van der Waals surface area contributed by atoms with Crippen LogP contribution in [0, 0.1) is 0 Å². The van der Waals surface area contributed by atoms with Crippen LogP contribution in [0.1, 0.15) is 10.8 Å². The highest BCUT2D eigenvalue weighted by Crippen LogP contribution is 2.34. The van der Waals surface area contributed by atoms with Crippen molar-refractivity contribution in [3.05, 3.63) is 72.3 Å². The van der Waals surface area contributed by atoms with Crippen LogP contribution < -0.4 is 0 Å². The fourth-order valence-corrected chi connectivity index (χ4v) is 3.09. The first-order valence-corrected chi connectivity index (χ1v) is 7.43. The molecule has 1 heterocycles. The van der Waals surface area contributed by atoms with Gasteiger partial charge in [-0.05, 0) is 17.7 Å². The van der Waals surface area contributed by atoms with Crippen LogP contribution in [-0.2, 0) is 0 Å². The van der Waals surface area contributed by atoms with E-state index in [1.165, 1.54) is 0 Å². The number of para-hydroxylation sites is 1. The number of rotatable bonds is 4. The van der Waals surface area contributed by atoms with Gasteiger partial charge in [-0.3, -0.25) is 0 Å². The molecule has 2 aromatic carbocycles. The van der Waals surface area contributed by atoms with E-state index in [1.54, 1.807) is 11.8 Å². The third-order valence-electron chi connectivity index (χ3n) is 3.17. The zero-order chi connectivity index (χ0) is 13.8. The fourth-order valence-electron chi connectivity index (χ4n) is 2.14. The van der Waals surface area contributed by atoms with Crippen molar-refractivity contribution in [2.24, 2.45) is 0 Å². The number of hydrogen-bond donors (Lipinski definition) is 1. The normalized spacial score (nSPS) is 12.4. The Labute approximate surface area is 122 Å². The van der Waals surface area contributed by atoms with E-state index in [9.17, 15) is 5.11 Å². The van der Waals surface area contributed by atoms with E-state index >= 15 is 0 Å². The summed E-state index contributed by atoms with van der Waals surface area (Å²) < 4.78 is 0. The Morgan fingerprint density at radius 1 is 0.900 bits per heavy atom. The molecule has 0 aliphatic rings. The van der Waals surface area contributed by atoms with Crippen LogP contribution in [0.2, 0.25) is 0 Å². The molecule has 0 amide bonds. The number of thioether (sulfide) groups is 1. The zero-order valence-corrected chi connectivity index (χ0v) is 11.8. The predicted octanol–water partition coefficient (Wildman–Crippen LogP) is 4.06. The molecular weight excluding hydrogens is 266 g/mol. The third-order valence-corrected chi connectivity index (χ3v) is 4.35. The summed E-state index contributed by atoms with van der Waals surface area (Å²) in [5.74, 6) is 0. The lowest BCUT2D eigenvalue weighted by atomic mass is 10.2. The zero-order valence-electron chi connectivity index (χ0n) is 10.9. The molecule has 0 saturated carbocycles. The summed E-state index contributed by atoms with van der Waals surface area (Å²) in [5, 5.41) is 11.7. The first-order chi connectivity index (χ1) is 9.86. The van der Waals surface area contributed by atoms with Gasteiger partial charge in [0.05, 0.1) is 22.4 Å². The van der Waals surface area contributed by atoms with Crippen molar-refractivity contribution in [1.82, 2.24) is 4.98 Å². The van der Waals surface area contributed by atoms with Crippen molar-refractivity contribution in [3.63, 3.8) is 0 Å². The van der Waals surface area contributed by atoms with E-state index in [0.29, 0.717) is 0 Å². The number of aliphatic hydroxyl groups excluding tert-OH is 1. The number of nitrogens with zero attached hydrogens (tertiary/aromatic N) is 1. The lowest BCUT2D eigenvalue weighted by Crippen LogP contribution is -2.00. The molecular formula is C17H15NOS. The molecule has 3 aromatic rings. The summed E-state index contributed by atoms with van der Waals surface area (Å²) in [6.07, 6.45) is 0. The van der Waals surface area contributed by atoms with Gasteiger partial charge < -0.3 is 5.11 Å². The summed E-state index contributed by atoms with van der Waals surface area (Å²) in [4.78, 5) is 4.64. The van der Waals surface area contributed by atoms with Crippen LogP contribution in [-0.4, -0.2) is 16.7 Å². The molecule has 100 valence electrons. The molecule has 1 aromatic heterocycles. The van der Waals surface area contributed by atoms with Crippen molar-refractivity contribution in [1.29, 1.82) is 0 Å². The van der Waals surface area contributed by atoms with Crippen molar-refractivity contribution in [2.75, 3.05) is 6.61 Å². The molecule has 0 unspecified atom stereocenters. The second kappa shape index (κ2) is 6.07. The monoisotopic (exact) mass is 281 g/mol. The highest BCUT2D eigenvalue weighted by Gasteiger charge is 2.12. The standard InChI is InChI=1S/C17H15NOS/c19-12-16(14-7-2-1-3-8-14)20-17-11-10-13-6-4-5-9-15(13)18-17/h1-11,16,19H,12H2/t16-/m1/s1. The Hall–Kier alpha value is -1.84. The number of hydrogen-bond acceptors (Lipinski definition) is 3. The number of aliphatic hydroxyl groups is 1. The minimum atomic E-state index is 0.0184. The predicted molar refractivity (Wildman–Crippen MR) is 83.9 cm³/mol. The average Bonchev–Trinajstić information content (AvgIpc) is 2.53. The fraction of sp³-hybridized carbons (Fsp3) is 0.118. The Bertz CT molecular complexity index is 699. The van der Waals surface area contributed by atoms with Gasteiger partial charge in [0.25, 0.3) is 0 Å². The number of pyridine rings is 1. The minimum Gasteiger partial charge on any atom is -0.395 e. The summed E-state index contributed by atoms with van der Waals surface area (Å²) in [6.45, 7) is 0.100. The lowest BCUT2D eigenvalue weighted by molar-refractivity contribution is 0.296. The van der Waals surface area contributed by atoms with Crippen LogP contribution >= 0.6 is 11.8 Å². The molecule has 3 heteroatoms. The van der Waals surface area contributed by atoms with E-state index in [4.69, 9.17) is 0 Å². The smallest absolute Gasteiger partial charge is 0.0974 e. The van der Waals surface area contributed by atoms with Gasteiger partial charge in [-0.25, -0.2) is 4.98 Å². The second-order valence-electron chi connectivity index (χ2n) is 4.54. The molecule has 0 aliphatic heterocycles. The second-order valence-corrected chi connectivity index (χ2v) is 5.76. The van der Waals surface area contributed by atoms with Gasteiger partial charge in [0.1, 0.15) is 0 Å². The highest BCUT2D eigenvalue weighted by atomic mass is 32.2. The van der Waals surface area contributed by atoms with E-state index < -0.39 is 0 Å². The summed E-state index contributed by atoms with van der Waals surface area (Å²) in [6, 6.07) is 22.2. The third kappa shape index (κ3) is 2.84. The van der Waals surface area contributed by atoms with Gasteiger partial charge >= 0.3 is 0 Å². The molecule has 0 radical (unpaired) electrons. The molecule has 1 N–H and O–H groups in total. The Balaban J connectivity index is 1.87. The molecule has 2 nitrogen and oxygen atoms in total. The molecule has 3 rings (SSSR count). The largest absolute Gasteiger partial charge is 0.395 e. The van der Waals surface area contributed by atoms with Gasteiger partial charge in [0, 0.05) is 5.39 Å². The maximum Gasteiger partial charge on any atom is 0.0974 e. The average molecular weight is 281 g/mol. The maximum atomic E-state index is 9.61. The van der Waals surface area contributed by atoms with E-state index in [2.05, 4.69) is 17.1 Å². The van der Waals surface area contributed by atoms with E-state index in [1.807, 2.05) is 54.6 Å². The van der Waals surface area contributed by atoms with Gasteiger partial charge in [0.15, 0.2) is 0 Å². The minimum absolute atomic E-state index is 0.0184. The topological polar surface area (TPSA) is 33.1 Å². The molecule has 0 aliphatic carbocycles. The Morgan fingerprint density at radius 3 is 2.45 bits per heavy atom. The first-order valence-electron chi connectivity index (χ1n) is 6.55. The molecule has 20 heavy (non-hydrogen) atoms. The van der Waals surface area contributed by atoms with Crippen molar-refractivity contribution in [3.8, 4) is 0 Å². The van der Waals surface area contributed by atoms with Gasteiger partial charge in [-0.2, -0.15) is 0 Å². The summed E-state index contributed by atoms with van der Waals surface area (Å²) in [7, 11) is 0. The van der Waals surface area contributed by atoms with Crippen LogP contribution in [0.3, 0.4) is 0 Å². The number of aromatic nitrogens is 1. The molecule has 0 bridgehead atoms. The van der Waals surface area contributed by atoms with E-state index in [0.717, 1.165) is 21.5 Å². The molecule has 0 saturated heterocycles. The van der Waals surface area contributed by atoms with Crippen LogP contribution in [0.15, 0.2) is 71.8 Å². The van der Waals surface area contributed by atoms with Crippen molar-refractivity contribution in [2.45, 2.75) is 10.3 Å². The Kier molecular flexibility index (Phi) is 4.00. The Morgan fingerprint density at radius 2 is 1.65 bits per heavy atom. The summed E-state index contributed by atoms with van der Waals surface area (Å²) in [5.41, 5.74) is 2.11. The van der Waals surface area contributed by atoms with Crippen LogP contribution in [0.4, 0.5) is 0 Å². The summed E-state index contributed by atoms with van der Waals surface area (Å²) >= 11 is 1.60. The van der Waals surface area contributed by atoms with Gasteiger partial charge in [-0.1, -0.05) is 66.4 Å². The highest BCUT2D eigenvalue weighted by molar-refractivity contribution is 7.99. The van der Waals surface area contributed by atoms with E-state index in [-0.39, 0.29) is 11.9 Å². The number of fused-ring (bicyclic) bond motifs is 1. The number of benzene rings is 2. The van der Waals surface area contributed by atoms with Crippen molar-refractivity contribution < 1.29 is 5.11 Å². The van der Waals surface area contributed by atoms with Gasteiger partial charge in [-0.15, -0.1) is 0 Å². The lowest BCUT2D eigenvalue weighted by Gasteiger charge is -2.13. The van der Waals surface area contributed by atoms with Gasteiger partial charge in [0.2, 0.25) is 0 Å². The first kappa shape index (κ1) is 13.2. The maximum absolute atomic E-state index is 9.61. The molecule has 0 spiro atoms. The van der Waals surface area contributed by atoms with Crippen LogP contribution in [0.5, 0.6) is 0 Å². The SMILES string of the molecule is OC[C@@H](Sc1ccc2ccccc2n1)c1ccccc1. The van der Waals surface area contributed by atoms with Crippen LogP contribution in [0.25, 0.3) is 10.9 Å². The molecule has 1 atom stereocenters. The quantitative estimate of drug-likeness (QED) is 0.732.